The molecule has 1 aromatic rings. The fourth-order valence-electron chi connectivity index (χ4n) is 3.02. The van der Waals surface area contributed by atoms with Crippen LogP contribution in [-0.4, -0.2) is 5.78 Å². The molecule has 0 saturated heterocycles. The summed E-state index contributed by atoms with van der Waals surface area (Å²) >= 11 is 0. The van der Waals surface area contributed by atoms with Crippen LogP contribution in [0.4, 0.5) is 0 Å². The molecule has 0 amide bonds. The van der Waals surface area contributed by atoms with Crippen LogP contribution in [0.3, 0.4) is 0 Å². The maximum atomic E-state index is 12.5. The lowest BCUT2D eigenvalue weighted by Crippen LogP contribution is -2.30. The Morgan fingerprint density at radius 3 is 1.96 bits per heavy atom. The maximum Gasteiger partial charge on any atom is 0.163 e. The van der Waals surface area contributed by atoms with Crippen molar-refractivity contribution in [3.63, 3.8) is 0 Å². The van der Waals surface area contributed by atoms with Gasteiger partial charge in [0, 0.05) is 17.5 Å². The van der Waals surface area contributed by atoms with Crippen LogP contribution in [0, 0.1) is 0 Å². The molecule has 0 radical (unpaired) electrons. The van der Waals surface area contributed by atoms with Gasteiger partial charge in [0.2, 0.25) is 0 Å². The second kappa shape index (κ2) is 12.5. The fraction of sp³-hybridized carbons (Fsp3) is 0.667. The molecule has 0 aliphatic rings. The lowest BCUT2D eigenvalue weighted by Gasteiger charge is -2.22. The Morgan fingerprint density at radius 1 is 0.917 bits per heavy atom. The minimum Gasteiger partial charge on any atom is -0.322 e. The highest BCUT2D eigenvalue weighted by molar-refractivity contribution is 5.97. The first-order valence-electron chi connectivity index (χ1n) is 9.38. The highest BCUT2D eigenvalue weighted by atomic mass is 35.5. The molecule has 0 saturated carbocycles. The van der Waals surface area contributed by atoms with E-state index in [1.54, 1.807) is 0 Å². The summed E-state index contributed by atoms with van der Waals surface area (Å²) in [5.74, 6) is 0.238. The summed E-state index contributed by atoms with van der Waals surface area (Å²) in [6.07, 6.45) is 12.1. The van der Waals surface area contributed by atoms with E-state index in [0.717, 1.165) is 24.0 Å². The summed E-state index contributed by atoms with van der Waals surface area (Å²) in [4.78, 5) is 12.5. The molecule has 0 unspecified atom stereocenters. The van der Waals surface area contributed by atoms with E-state index in [9.17, 15) is 4.79 Å². The Labute approximate surface area is 155 Å². The van der Waals surface area contributed by atoms with Crippen LogP contribution in [0.2, 0.25) is 0 Å². The summed E-state index contributed by atoms with van der Waals surface area (Å²) in [7, 11) is 0. The van der Waals surface area contributed by atoms with Gasteiger partial charge in [-0.3, -0.25) is 4.79 Å². The second-order valence-corrected chi connectivity index (χ2v) is 7.27. The van der Waals surface area contributed by atoms with E-state index < -0.39 is 5.54 Å². The zero-order chi connectivity index (χ0) is 17.1. The minimum absolute atomic E-state index is 0. The summed E-state index contributed by atoms with van der Waals surface area (Å²) in [5.41, 5.74) is 7.48. The molecule has 0 fully saturated rings. The van der Waals surface area contributed by atoms with Crippen molar-refractivity contribution in [2.24, 2.45) is 5.73 Å². The van der Waals surface area contributed by atoms with Crippen molar-refractivity contribution < 1.29 is 4.79 Å². The summed E-state index contributed by atoms with van der Waals surface area (Å²) in [5, 5.41) is 0. The molecule has 0 spiro atoms. The van der Waals surface area contributed by atoms with E-state index in [4.69, 9.17) is 5.73 Å². The topological polar surface area (TPSA) is 43.1 Å². The van der Waals surface area contributed by atoms with Crippen LogP contribution in [0.5, 0.6) is 0 Å². The third-order valence-corrected chi connectivity index (χ3v) is 4.43. The molecule has 1 aromatic carbocycles. The number of benzene rings is 1. The van der Waals surface area contributed by atoms with Crippen LogP contribution in [0.1, 0.15) is 101 Å². The SMILES string of the molecule is CCCCCCCCCCCC(=O)c1ccccc1C(C)(C)N.Cl. The number of nitrogens with two attached hydrogens (primary N) is 1. The molecule has 0 aliphatic heterocycles. The van der Waals surface area contributed by atoms with E-state index in [1.807, 2.05) is 38.1 Å². The van der Waals surface area contributed by atoms with Crippen LogP contribution in [-0.2, 0) is 5.54 Å². The molecule has 0 aliphatic carbocycles. The monoisotopic (exact) mass is 353 g/mol. The van der Waals surface area contributed by atoms with Crippen molar-refractivity contribution in [3.8, 4) is 0 Å². The number of carbonyl (C=O) groups is 1. The number of rotatable bonds is 12. The molecular weight excluding hydrogens is 318 g/mol. The maximum absolute atomic E-state index is 12.5. The van der Waals surface area contributed by atoms with Gasteiger partial charge in [-0.05, 0) is 25.8 Å². The van der Waals surface area contributed by atoms with Gasteiger partial charge >= 0.3 is 0 Å². The molecule has 138 valence electrons. The summed E-state index contributed by atoms with van der Waals surface area (Å²) in [6.45, 7) is 6.16. The molecule has 0 bridgehead atoms. The molecule has 2 nitrogen and oxygen atoms in total. The number of hydrogen-bond acceptors (Lipinski definition) is 2. The van der Waals surface area contributed by atoms with Gasteiger partial charge in [-0.1, -0.05) is 82.6 Å². The van der Waals surface area contributed by atoms with E-state index >= 15 is 0 Å². The van der Waals surface area contributed by atoms with Crippen molar-refractivity contribution in [1.29, 1.82) is 0 Å². The minimum atomic E-state index is -0.468. The largest absolute Gasteiger partial charge is 0.322 e. The number of halogens is 1. The summed E-state index contributed by atoms with van der Waals surface area (Å²) < 4.78 is 0. The first kappa shape index (κ1) is 23.1. The first-order chi connectivity index (χ1) is 11.0. The van der Waals surface area contributed by atoms with Crippen LogP contribution < -0.4 is 5.73 Å². The van der Waals surface area contributed by atoms with Crippen molar-refractivity contribution in [2.75, 3.05) is 0 Å². The third kappa shape index (κ3) is 8.84. The van der Waals surface area contributed by atoms with E-state index in [1.165, 1.54) is 44.9 Å². The zero-order valence-corrected chi connectivity index (χ0v) is 16.6. The molecule has 1 rings (SSSR count). The first-order valence-corrected chi connectivity index (χ1v) is 9.38. The van der Waals surface area contributed by atoms with E-state index in [0.29, 0.717) is 6.42 Å². The quantitative estimate of drug-likeness (QED) is 0.348. The zero-order valence-electron chi connectivity index (χ0n) is 15.8. The predicted octanol–water partition coefficient (Wildman–Crippen LogP) is 6.41. The van der Waals surface area contributed by atoms with Crippen molar-refractivity contribution in [1.82, 2.24) is 0 Å². The number of ketones is 1. The van der Waals surface area contributed by atoms with Gasteiger partial charge in [0.05, 0.1) is 0 Å². The van der Waals surface area contributed by atoms with Gasteiger partial charge in [-0.15, -0.1) is 12.4 Å². The Balaban J connectivity index is 0.00000529. The van der Waals surface area contributed by atoms with Crippen molar-refractivity contribution >= 4 is 18.2 Å². The van der Waals surface area contributed by atoms with Crippen LogP contribution in [0.15, 0.2) is 24.3 Å². The van der Waals surface area contributed by atoms with Crippen LogP contribution in [0.25, 0.3) is 0 Å². The van der Waals surface area contributed by atoms with E-state index in [2.05, 4.69) is 6.92 Å². The normalized spacial score (nSPS) is 11.2. The smallest absolute Gasteiger partial charge is 0.163 e. The Hall–Kier alpha value is -0.860. The summed E-state index contributed by atoms with van der Waals surface area (Å²) in [6, 6.07) is 7.78. The molecule has 0 heterocycles. The van der Waals surface area contributed by atoms with Crippen molar-refractivity contribution in [3.05, 3.63) is 35.4 Å². The lowest BCUT2D eigenvalue weighted by atomic mass is 9.88. The van der Waals surface area contributed by atoms with Gasteiger partial charge < -0.3 is 5.73 Å². The number of unbranched alkanes of at least 4 members (excludes halogenated alkanes) is 8. The molecule has 24 heavy (non-hydrogen) atoms. The molecule has 3 heteroatoms. The average Bonchev–Trinajstić information content (AvgIpc) is 2.52. The highest BCUT2D eigenvalue weighted by Crippen LogP contribution is 2.23. The highest BCUT2D eigenvalue weighted by Gasteiger charge is 2.20. The molecule has 2 N–H and O–H groups in total. The van der Waals surface area contributed by atoms with Gasteiger partial charge in [0.1, 0.15) is 0 Å². The Bertz CT molecular complexity index is 465. The second-order valence-electron chi connectivity index (χ2n) is 7.27. The number of hydrogen-bond donors (Lipinski definition) is 1. The molecular formula is C21H36ClNO. The number of carbonyl (C=O) groups excluding carboxylic acids is 1. The van der Waals surface area contributed by atoms with E-state index in [-0.39, 0.29) is 18.2 Å². The molecule has 0 aromatic heterocycles. The van der Waals surface area contributed by atoms with Gasteiger partial charge in [0.25, 0.3) is 0 Å². The fourth-order valence-corrected chi connectivity index (χ4v) is 3.02. The predicted molar refractivity (Wildman–Crippen MR) is 107 cm³/mol. The Kier molecular flexibility index (Phi) is 12.0. The lowest BCUT2D eigenvalue weighted by molar-refractivity contribution is 0.0977. The van der Waals surface area contributed by atoms with Crippen LogP contribution >= 0.6 is 12.4 Å². The average molecular weight is 354 g/mol. The molecule has 0 atom stereocenters. The number of Topliss-reactive ketones (excluding diaryl/α,β-unsaturated/α-hetero) is 1. The van der Waals surface area contributed by atoms with Gasteiger partial charge in [-0.2, -0.15) is 0 Å². The third-order valence-electron chi connectivity index (χ3n) is 4.43. The van der Waals surface area contributed by atoms with Crippen molar-refractivity contribution in [2.45, 2.75) is 90.5 Å². The standard InChI is InChI=1S/C21H35NO.ClH/c1-4-5-6-7-8-9-10-11-12-17-20(23)18-15-13-14-16-19(18)21(2,3)22;/h13-16H,4-12,17,22H2,1-3H3;1H. The van der Waals surface area contributed by atoms with Gasteiger partial charge in [-0.25, -0.2) is 0 Å². The Morgan fingerprint density at radius 2 is 1.42 bits per heavy atom. The van der Waals surface area contributed by atoms with Gasteiger partial charge in [0.15, 0.2) is 5.78 Å².